The molecule has 0 aliphatic rings. The predicted molar refractivity (Wildman–Crippen MR) is 68.8 cm³/mol. The zero-order valence-corrected chi connectivity index (χ0v) is 10.2. The average Bonchev–Trinajstić information content (AvgIpc) is 2.81. The summed E-state index contributed by atoms with van der Waals surface area (Å²) in [5, 5.41) is 15.2. The molecule has 0 aliphatic carbocycles. The van der Waals surface area contributed by atoms with E-state index in [-0.39, 0.29) is 28.9 Å². The third kappa shape index (κ3) is 3.02. The Labute approximate surface area is 109 Å². The second-order valence-electron chi connectivity index (χ2n) is 3.36. The van der Waals surface area contributed by atoms with Gasteiger partial charge in [-0.1, -0.05) is 11.3 Å². The highest BCUT2D eigenvalue weighted by atomic mass is 32.1. The average molecular weight is 283 g/mol. The van der Waals surface area contributed by atoms with Crippen molar-refractivity contribution in [3.63, 3.8) is 0 Å². The van der Waals surface area contributed by atoms with E-state index in [2.05, 4.69) is 25.7 Å². The third-order valence-electron chi connectivity index (χ3n) is 2.11. The van der Waals surface area contributed by atoms with E-state index in [1.807, 2.05) is 0 Å². The fraction of sp³-hybridized carbons (Fsp3) is 0.125. The molecule has 10 nitrogen and oxygen atoms in total. The lowest BCUT2D eigenvalue weighted by atomic mass is 10.4. The molecule has 2 aromatic heterocycles. The van der Waals surface area contributed by atoms with Crippen molar-refractivity contribution in [2.75, 3.05) is 10.7 Å². The van der Waals surface area contributed by atoms with Crippen molar-refractivity contribution in [1.82, 2.24) is 15.0 Å². The second kappa shape index (κ2) is 5.41. The summed E-state index contributed by atoms with van der Waals surface area (Å²) < 4.78 is 0. The number of hydrogen-bond donors (Lipinski definition) is 4. The molecule has 0 bridgehead atoms. The number of anilines is 2. The van der Waals surface area contributed by atoms with Gasteiger partial charge in [0.1, 0.15) is 6.20 Å². The van der Waals surface area contributed by atoms with Gasteiger partial charge >= 0.3 is 10.6 Å². The van der Waals surface area contributed by atoms with E-state index in [1.54, 1.807) is 5.38 Å². The SMILES string of the molecule is NNc1ncc([N+](=O)[O-])c(NCc2csc(=O)[nH]2)n1. The first-order chi connectivity index (χ1) is 9.10. The lowest BCUT2D eigenvalue weighted by molar-refractivity contribution is -0.384. The Morgan fingerprint density at radius 1 is 1.58 bits per heavy atom. The summed E-state index contributed by atoms with van der Waals surface area (Å²) >= 11 is 1.01. The summed E-state index contributed by atoms with van der Waals surface area (Å²) in [6.45, 7) is 0.195. The number of nitrogen functional groups attached to an aromatic ring is 1. The van der Waals surface area contributed by atoms with E-state index in [4.69, 9.17) is 5.84 Å². The summed E-state index contributed by atoms with van der Waals surface area (Å²) in [6, 6.07) is 0. The number of aromatic nitrogens is 3. The van der Waals surface area contributed by atoms with Gasteiger partial charge < -0.3 is 10.3 Å². The molecule has 0 radical (unpaired) electrons. The number of hydrazine groups is 1. The number of nitrogens with two attached hydrogens (primary N) is 1. The standard InChI is InChI=1S/C8H9N7O3S/c9-14-7-11-2-5(15(17)18)6(13-7)10-1-4-3-19-8(16)12-4/h2-3H,1,9H2,(H,12,16)(H2,10,11,13,14). The Bertz CT molecular complexity index is 652. The topological polar surface area (TPSA) is 152 Å². The van der Waals surface area contributed by atoms with Gasteiger partial charge in [0, 0.05) is 11.1 Å². The van der Waals surface area contributed by atoms with E-state index in [1.165, 1.54) is 0 Å². The molecule has 0 aliphatic heterocycles. The molecule has 0 aromatic carbocycles. The minimum Gasteiger partial charge on any atom is -0.359 e. The molecule has 19 heavy (non-hydrogen) atoms. The van der Waals surface area contributed by atoms with Crippen molar-refractivity contribution < 1.29 is 4.92 Å². The van der Waals surface area contributed by atoms with Gasteiger partial charge in [0.25, 0.3) is 0 Å². The summed E-state index contributed by atoms with van der Waals surface area (Å²) in [7, 11) is 0. The molecule has 2 rings (SSSR count). The Balaban J connectivity index is 2.22. The molecule has 0 fully saturated rings. The van der Waals surface area contributed by atoms with Crippen LogP contribution in [-0.2, 0) is 6.54 Å². The van der Waals surface area contributed by atoms with E-state index >= 15 is 0 Å². The number of nitrogens with one attached hydrogen (secondary N) is 3. The van der Waals surface area contributed by atoms with Crippen molar-refractivity contribution in [2.45, 2.75) is 6.54 Å². The lowest BCUT2D eigenvalue weighted by Crippen LogP contribution is -2.13. The monoisotopic (exact) mass is 283 g/mol. The van der Waals surface area contributed by atoms with Crippen molar-refractivity contribution in [1.29, 1.82) is 0 Å². The Kier molecular flexibility index (Phi) is 3.68. The molecule has 100 valence electrons. The van der Waals surface area contributed by atoms with Gasteiger partial charge in [0.2, 0.25) is 11.8 Å². The lowest BCUT2D eigenvalue weighted by Gasteiger charge is -2.06. The number of nitrogens with zero attached hydrogens (tertiary/aromatic N) is 3. The highest BCUT2D eigenvalue weighted by Crippen LogP contribution is 2.22. The summed E-state index contributed by atoms with van der Waals surface area (Å²) in [4.78, 5) is 31.0. The largest absolute Gasteiger partial charge is 0.359 e. The molecule has 2 heterocycles. The fourth-order valence-electron chi connectivity index (χ4n) is 1.29. The van der Waals surface area contributed by atoms with Crippen LogP contribution in [0.25, 0.3) is 0 Å². The van der Waals surface area contributed by atoms with Crippen LogP contribution in [0, 0.1) is 10.1 Å². The first-order valence-electron chi connectivity index (χ1n) is 4.98. The minimum atomic E-state index is -0.612. The van der Waals surface area contributed by atoms with Crippen LogP contribution in [0.4, 0.5) is 17.5 Å². The van der Waals surface area contributed by atoms with Crippen molar-refractivity contribution in [3.05, 3.63) is 37.1 Å². The second-order valence-corrected chi connectivity index (χ2v) is 4.20. The molecule has 0 unspecified atom stereocenters. The third-order valence-corrected chi connectivity index (χ3v) is 2.83. The molecule has 0 spiro atoms. The van der Waals surface area contributed by atoms with E-state index in [0.29, 0.717) is 5.69 Å². The quantitative estimate of drug-likeness (QED) is 0.340. The van der Waals surface area contributed by atoms with Crippen LogP contribution < -0.4 is 21.5 Å². The summed E-state index contributed by atoms with van der Waals surface area (Å²) in [6.07, 6.45) is 1.04. The van der Waals surface area contributed by atoms with Gasteiger partial charge in [0.15, 0.2) is 0 Å². The maximum Gasteiger partial charge on any atom is 0.329 e. The van der Waals surface area contributed by atoms with Crippen molar-refractivity contribution in [3.8, 4) is 0 Å². The first kappa shape index (κ1) is 12.9. The molecular formula is C8H9N7O3S. The zero-order chi connectivity index (χ0) is 13.8. The van der Waals surface area contributed by atoms with E-state index < -0.39 is 4.92 Å². The maximum absolute atomic E-state index is 11.0. The van der Waals surface area contributed by atoms with Crippen LogP contribution in [0.5, 0.6) is 0 Å². The Morgan fingerprint density at radius 3 is 2.95 bits per heavy atom. The Morgan fingerprint density at radius 2 is 2.37 bits per heavy atom. The normalized spacial score (nSPS) is 10.2. The number of nitro groups is 1. The van der Waals surface area contributed by atoms with Crippen molar-refractivity contribution in [2.24, 2.45) is 5.84 Å². The van der Waals surface area contributed by atoms with Crippen molar-refractivity contribution >= 4 is 28.8 Å². The minimum absolute atomic E-state index is 0.0139. The van der Waals surface area contributed by atoms with Gasteiger partial charge in [-0.3, -0.25) is 20.3 Å². The van der Waals surface area contributed by atoms with E-state index in [0.717, 1.165) is 17.5 Å². The highest BCUT2D eigenvalue weighted by Gasteiger charge is 2.17. The van der Waals surface area contributed by atoms with Gasteiger partial charge in [-0.2, -0.15) is 4.98 Å². The number of rotatable bonds is 5. The number of thiazole rings is 1. The number of hydrogen-bond acceptors (Lipinski definition) is 9. The molecule has 0 amide bonds. The smallest absolute Gasteiger partial charge is 0.329 e. The molecule has 2 aromatic rings. The molecule has 0 saturated carbocycles. The molecule has 0 saturated heterocycles. The molecule has 0 atom stereocenters. The number of H-pyrrole nitrogens is 1. The first-order valence-corrected chi connectivity index (χ1v) is 5.86. The van der Waals surface area contributed by atoms with Gasteiger partial charge in [0.05, 0.1) is 11.5 Å². The summed E-state index contributed by atoms with van der Waals surface area (Å²) in [5.41, 5.74) is 2.52. The van der Waals surface area contributed by atoms with Crippen LogP contribution in [-0.4, -0.2) is 19.9 Å². The fourth-order valence-corrected chi connectivity index (χ4v) is 1.87. The Hall–Kier alpha value is -2.53. The maximum atomic E-state index is 11.0. The number of aromatic amines is 1. The van der Waals surface area contributed by atoms with Gasteiger partial charge in [-0.05, 0) is 0 Å². The van der Waals surface area contributed by atoms with Crippen LogP contribution in [0.1, 0.15) is 5.69 Å². The molecule has 11 heteroatoms. The van der Waals surface area contributed by atoms with Crippen LogP contribution in [0.15, 0.2) is 16.4 Å². The molecular weight excluding hydrogens is 274 g/mol. The van der Waals surface area contributed by atoms with Crippen LogP contribution >= 0.6 is 11.3 Å². The van der Waals surface area contributed by atoms with Crippen LogP contribution in [0.2, 0.25) is 0 Å². The van der Waals surface area contributed by atoms with E-state index in [9.17, 15) is 14.9 Å². The zero-order valence-electron chi connectivity index (χ0n) is 9.41. The van der Waals surface area contributed by atoms with Gasteiger partial charge in [-0.15, -0.1) is 0 Å². The predicted octanol–water partition coefficient (Wildman–Crippen LogP) is 0.0323. The van der Waals surface area contributed by atoms with Crippen LogP contribution in [0.3, 0.4) is 0 Å². The van der Waals surface area contributed by atoms with Gasteiger partial charge in [-0.25, -0.2) is 10.8 Å². The molecule has 5 N–H and O–H groups in total. The highest BCUT2D eigenvalue weighted by molar-refractivity contribution is 7.07. The summed E-state index contributed by atoms with van der Waals surface area (Å²) in [5.74, 6) is 5.20.